The molecule has 6 nitrogen and oxygen atoms in total. The van der Waals surface area contributed by atoms with Crippen molar-refractivity contribution in [2.24, 2.45) is 0 Å². The summed E-state index contributed by atoms with van der Waals surface area (Å²) < 4.78 is 1.90. The number of imidazole rings is 1. The van der Waals surface area contributed by atoms with Crippen molar-refractivity contribution in [2.45, 2.75) is 25.4 Å². The van der Waals surface area contributed by atoms with E-state index in [0.717, 1.165) is 17.8 Å². The fourth-order valence-corrected chi connectivity index (χ4v) is 3.84. The zero-order valence-corrected chi connectivity index (χ0v) is 16.5. The van der Waals surface area contributed by atoms with Gasteiger partial charge in [-0.05, 0) is 43.2 Å². The second kappa shape index (κ2) is 7.81. The first kappa shape index (κ1) is 18.8. The third-order valence-corrected chi connectivity index (χ3v) is 5.40. The highest BCUT2D eigenvalue weighted by Crippen LogP contribution is 2.26. The van der Waals surface area contributed by atoms with Gasteiger partial charge in [-0.2, -0.15) is 0 Å². The number of carbonyl (C=O) groups excluding carboxylic acids is 2. The summed E-state index contributed by atoms with van der Waals surface area (Å²) >= 11 is 12.2. The number of aromatic nitrogens is 2. The van der Waals surface area contributed by atoms with Crippen molar-refractivity contribution >= 4 is 40.7 Å². The number of carbonyl (C=O) groups is 2. The Hall–Kier alpha value is -2.57. The average molecular weight is 417 g/mol. The van der Waals surface area contributed by atoms with Crippen LogP contribution >= 0.6 is 23.2 Å². The van der Waals surface area contributed by atoms with Gasteiger partial charge in [0.15, 0.2) is 0 Å². The molecule has 3 heterocycles. The molecule has 0 unspecified atom stereocenters. The Morgan fingerprint density at radius 2 is 2.07 bits per heavy atom. The van der Waals surface area contributed by atoms with Crippen LogP contribution in [0, 0.1) is 0 Å². The van der Waals surface area contributed by atoms with Crippen LogP contribution in [0.3, 0.4) is 0 Å². The van der Waals surface area contributed by atoms with Crippen LogP contribution in [0.1, 0.15) is 28.9 Å². The number of amides is 2. The van der Waals surface area contributed by atoms with Crippen molar-refractivity contribution in [3.8, 4) is 0 Å². The Labute approximate surface area is 172 Å². The largest absolute Gasteiger partial charge is 0.349 e. The highest BCUT2D eigenvalue weighted by atomic mass is 35.5. The molecule has 0 saturated carbocycles. The molecule has 0 spiro atoms. The van der Waals surface area contributed by atoms with Crippen molar-refractivity contribution in [1.29, 1.82) is 0 Å². The minimum atomic E-state index is -0.528. The Bertz CT molecular complexity index is 1020. The molecule has 1 atom stereocenters. The average Bonchev–Trinajstić information content (AvgIpc) is 3.34. The second-order valence-corrected chi connectivity index (χ2v) is 7.54. The van der Waals surface area contributed by atoms with E-state index in [1.165, 1.54) is 6.07 Å². The van der Waals surface area contributed by atoms with Gasteiger partial charge in [-0.1, -0.05) is 29.3 Å². The summed E-state index contributed by atoms with van der Waals surface area (Å²) in [5, 5.41) is 3.65. The fourth-order valence-electron chi connectivity index (χ4n) is 3.47. The monoisotopic (exact) mass is 416 g/mol. The molecule has 3 aromatic rings. The Balaban J connectivity index is 1.45. The summed E-state index contributed by atoms with van der Waals surface area (Å²) in [7, 11) is 0. The van der Waals surface area contributed by atoms with Gasteiger partial charge in [-0.15, -0.1) is 0 Å². The predicted molar refractivity (Wildman–Crippen MR) is 108 cm³/mol. The third-order valence-electron chi connectivity index (χ3n) is 4.83. The number of hydrogen-bond acceptors (Lipinski definition) is 3. The molecule has 4 rings (SSSR count). The maximum Gasteiger partial charge on any atom is 0.256 e. The van der Waals surface area contributed by atoms with E-state index in [-0.39, 0.29) is 11.8 Å². The van der Waals surface area contributed by atoms with Crippen molar-refractivity contribution < 1.29 is 9.59 Å². The molecule has 0 bridgehead atoms. The summed E-state index contributed by atoms with van der Waals surface area (Å²) in [6.07, 6.45) is 5.15. The highest BCUT2D eigenvalue weighted by Gasteiger charge is 2.35. The van der Waals surface area contributed by atoms with Gasteiger partial charge in [0, 0.05) is 24.0 Å². The smallest absolute Gasteiger partial charge is 0.256 e. The number of nitrogens with one attached hydrogen (secondary N) is 1. The van der Waals surface area contributed by atoms with Gasteiger partial charge >= 0.3 is 0 Å². The van der Waals surface area contributed by atoms with E-state index >= 15 is 0 Å². The third kappa shape index (κ3) is 3.70. The highest BCUT2D eigenvalue weighted by molar-refractivity contribution is 6.35. The summed E-state index contributed by atoms with van der Waals surface area (Å²) in [6, 6.07) is 9.95. The van der Waals surface area contributed by atoms with Crippen molar-refractivity contribution in [3.63, 3.8) is 0 Å². The summed E-state index contributed by atoms with van der Waals surface area (Å²) in [5.74, 6) is -0.473. The predicted octanol–water partition coefficient (Wildman–Crippen LogP) is 3.56. The van der Waals surface area contributed by atoms with Crippen LogP contribution in [-0.2, 0) is 11.3 Å². The molecule has 1 N–H and O–H groups in total. The lowest BCUT2D eigenvalue weighted by molar-refractivity contribution is -0.125. The normalized spacial score (nSPS) is 16.5. The first-order valence-electron chi connectivity index (χ1n) is 8.99. The van der Waals surface area contributed by atoms with Crippen molar-refractivity contribution in [3.05, 3.63) is 70.1 Å². The molecule has 1 fully saturated rings. The van der Waals surface area contributed by atoms with Crippen molar-refractivity contribution in [2.75, 3.05) is 6.54 Å². The van der Waals surface area contributed by atoms with Gasteiger partial charge in [0.2, 0.25) is 5.91 Å². The number of rotatable bonds is 4. The number of nitrogens with zero attached hydrogens (tertiary/aromatic N) is 3. The van der Waals surface area contributed by atoms with Crippen molar-refractivity contribution in [1.82, 2.24) is 19.6 Å². The summed E-state index contributed by atoms with van der Waals surface area (Å²) in [6.45, 7) is 0.811. The van der Waals surface area contributed by atoms with Crippen LogP contribution < -0.4 is 5.32 Å². The van der Waals surface area contributed by atoms with Crippen LogP contribution in [0.5, 0.6) is 0 Å². The molecule has 1 aliphatic rings. The van der Waals surface area contributed by atoms with Crippen LogP contribution in [0.4, 0.5) is 0 Å². The zero-order chi connectivity index (χ0) is 19.7. The van der Waals surface area contributed by atoms with Crippen LogP contribution in [0.2, 0.25) is 10.0 Å². The first-order chi connectivity index (χ1) is 13.5. The minimum Gasteiger partial charge on any atom is -0.349 e. The van der Waals surface area contributed by atoms with E-state index in [9.17, 15) is 9.59 Å². The first-order valence-corrected chi connectivity index (χ1v) is 9.75. The number of pyridine rings is 1. The standard InChI is InChI=1S/C20H18Cl2N4O2/c21-13-6-7-16(22)15(10-13)20(28)26-9-3-4-17(26)19(27)23-11-14-12-25-8-2-1-5-18(25)24-14/h1-2,5-8,10,12,17H,3-4,9,11H2,(H,23,27)/t17-/m0/s1. The number of benzene rings is 1. The number of fused-ring (bicyclic) bond motifs is 1. The molecule has 28 heavy (non-hydrogen) atoms. The zero-order valence-electron chi connectivity index (χ0n) is 14.9. The summed E-state index contributed by atoms with van der Waals surface area (Å²) in [4.78, 5) is 31.7. The molecular weight excluding hydrogens is 399 g/mol. The Morgan fingerprint density at radius 3 is 2.89 bits per heavy atom. The van der Waals surface area contributed by atoms with E-state index in [0.29, 0.717) is 35.1 Å². The summed E-state index contributed by atoms with van der Waals surface area (Å²) in [5.41, 5.74) is 1.89. The number of likely N-dealkylation sites (tertiary alicyclic amines) is 1. The molecule has 1 aromatic carbocycles. The SMILES string of the molecule is O=C(NCc1cn2ccccc2n1)[C@@H]1CCCN1C(=O)c1cc(Cl)ccc1Cl. The van der Waals surface area contributed by atoms with E-state index in [1.807, 2.05) is 35.0 Å². The topological polar surface area (TPSA) is 66.7 Å². The molecule has 0 aliphatic carbocycles. The second-order valence-electron chi connectivity index (χ2n) is 6.70. The van der Waals surface area contributed by atoms with Crippen LogP contribution in [0.25, 0.3) is 5.65 Å². The molecular formula is C20H18Cl2N4O2. The Kier molecular flexibility index (Phi) is 5.24. The maximum absolute atomic E-state index is 12.9. The minimum absolute atomic E-state index is 0.193. The lowest BCUT2D eigenvalue weighted by atomic mass is 10.1. The molecule has 1 aliphatic heterocycles. The van der Waals surface area contributed by atoms with E-state index < -0.39 is 6.04 Å². The molecule has 2 amide bonds. The van der Waals surface area contributed by atoms with Gasteiger partial charge in [0.05, 0.1) is 22.8 Å². The van der Waals surface area contributed by atoms with E-state index in [1.54, 1.807) is 17.0 Å². The Morgan fingerprint density at radius 1 is 1.21 bits per heavy atom. The molecule has 1 saturated heterocycles. The van der Waals surface area contributed by atoms with E-state index in [2.05, 4.69) is 10.3 Å². The lowest BCUT2D eigenvalue weighted by Gasteiger charge is -2.24. The molecule has 0 radical (unpaired) electrons. The van der Waals surface area contributed by atoms with Gasteiger partial charge in [-0.25, -0.2) is 4.98 Å². The van der Waals surface area contributed by atoms with Crippen LogP contribution in [0.15, 0.2) is 48.8 Å². The molecule has 2 aromatic heterocycles. The number of hydrogen-bond donors (Lipinski definition) is 1. The van der Waals surface area contributed by atoms with Gasteiger partial charge < -0.3 is 14.6 Å². The lowest BCUT2D eigenvalue weighted by Crippen LogP contribution is -2.45. The van der Waals surface area contributed by atoms with Gasteiger partial charge in [0.1, 0.15) is 11.7 Å². The number of halogens is 2. The van der Waals surface area contributed by atoms with Gasteiger partial charge in [0.25, 0.3) is 5.91 Å². The quantitative estimate of drug-likeness (QED) is 0.706. The van der Waals surface area contributed by atoms with E-state index in [4.69, 9.17) is 23.2 Å². The molecule has 8 heteroatoms. The van der Waals surface area contributed by atoms with Crippen LogP contribution in [-0.4, -0.2) is 38.7 Å². The molecule has 144 valence electrons. The fraction of sp³-hybridized carbons (Fsp3) is 0.250. The maximum atomic E-state index is 12.9. The van der Waals surface area contributed by atoms with Gasteiger partial charge in [-0.3, -0.25) is 9.59 Å².